The van der Waals surface area contributed by atoms with E-state index in [1.807, 2.05) is 0 Å². The number of halogens is 4. The minimum atomic E-state index is -4.54. The van der Waals surface area contributed by atoms with Crippen LogP contribution in [0.4, 0.5) is 18.9 Å². The molecule has 1 aromatic carbocycles. The number of fused-ring (bicyclic) bond motifs is 1. The minimum Gasteiger partial charge on any atom is -0.305 e. The Hall–Kier alpha value is -1.85. The van der Waals surface area contributed by atoms with Gasteiger partial charge < -0.3 is 4.57 Å². The van der Waals surface area contributed by atoms with Crippen LogP contribution in [-0.4, -0.2) is 49.4 Å². The summed E-state index contributed by atoms with van der Waals surface area (Å²) < 4.78 is 45.0. The number of quaternary nitrogens is 1. The van der Waals surface area contributed by atoms with E-state index in [1.54, 1.807) is 23.4 Å². The van der Waals surface area contributed by atoms with Crippen molar-refractivity contribution in [2.45, 2.75) is 36.6 Å². The third kappa shape index (κ3) is 4.35. The maximum Gasteiger partial charge on any atom is 0.435 e. The monoisotopic (exact) mass is 541 g/mol. The quantitative estimate of drug-likeness (QED) is 0.177. The lowest BCUT2D eigenvalue weighted by Crippen LogP contribution is -2.28. The molecule has 5 rings (SSSR count). The number of hydrogen-bond acceptors (Lipinski definition) is 4. The van der Waals surface area contributed by atoms with Crippen molar-refractivity contribution in [1.29, 1.82) is 0 Å². The molecule has 2 fully saturated rings. The molecular formula is C22H25BrF3N6S+. The van der Waals surface area contributed by atoms with Crippen LogP contribution < -0.4 is 4.48 Å². The molecule has 2 aliphatic heterocycles. The van der Waals surface area contributed by atoms with Crippen molar-refractivity contribution in [2.24, 2.45) is 20.0 Å². The van der Waals surface area contributed by atoms with Gasteiger partial charge in [0.05, 0.1) is 12.1 Å². The number of nitrogens with zero attached hydrogens (tertiary/aromatic N) is 6. The van der Waals surface area contributed by atoms with E-state index in [0.29, 0.717) is 11.1 Å². The number of benzene rings is 1. The number of thioether (sulfide) groups is 1. The Morgan fingerprint density at radius 1 is 1.15 bits per heavy atom. The molecule has 3 aromatic rings. The Bertz CT molecular complexity index is 1160. The molecule has 11 heteroatoms. The molecule has 3 atom stereocenters. The normalized spacial score (nSPS) is 24.3. The number of hydrogen-bond donors (Lipinski definition) is 0. The molecule has 0 amide bonds. The van der Waals surface area contributed by atoms with Crippen LogP contribution in [0.1, 0.15) is 25.0 Å². The highest BCUT2D eigenvalue weighted by molar-refractivity contribution is 9.10. The summed E-state index contributed by atoms with van der Waals surface area (Å²) in [7, 11) is 3.17. The second-order valence-electron chi connectivity index (χ2n) is 9.05. The SMILES string of the molecule is Cn1cc(-c2nnc(SCCCC3C[C@@H]4C[N@@+]4(c4ccc(Br)cc4)C3)n2C)c(C(F)(F)F)n1. The lowest BCUT2D eigenvalue weighted by atomic mass is 10.00. The Kier molecular flexibility index (Phi) is 5.85. The Morgan fingerprint density at radius 2 is 1.91 bits per heavy atom. The molecule has 0 aliphatic carbocycles. The van der Waals surface area contributed by atoms with Gasteiger partial charge in [-0.2, -0.15) is 18.3 Å². The van der Waals surface area contributed by atoms with Crippen molar-refractivity contribution < 1.29 is 13.2 Å². The summed E-state index contributed by atoms with van der Waals surface area (Å²) in [6.07, 6.45) is 0.281. The highest BCUT2D eigenvalue weighted by Gasteiger charge is 2.62. The topological polar surface area (TPSA) is 48.5 Å². The third-order valence-electron chi connectivity index (χ3n) is 6.79. The van der Waals surface area contributed by atoms with Gasteiger partial charge in [-0.05, 0) is 25.0 Å². The summed E-state index contributed by atoms with van der Waals surface area (Å²) in [4.78, 5) is 0. The van der Waals surface area contributed by atoms with Crippen molar-refractivity contribution in [1.82, 2.24) is 29.0 Å². The molecule has 2 aromatic heterocycles. The smallest absolute Gasteiger partial charge is 0.305 e. The van der Waals surface area contributed by atoms with Crippen LogP contribution in [0.25, 0.3) is 11.4 Å². The highest BCUT2D eigenvalue weighted by atomic mass is 79.9. The Labute approximate surface area is 202 Å². The fourth-order valence-corrected chi connectivity index (χ4v) is 6.33. The zero-order valence-electron chi connectivity index (χ0n) is 18.4. The van der Waals surface area contributed by atoms with E-state index in [2.05, 4.69) is 55.5 Å². The van der Waals surface area contributed by atoms with Gasteiger partial charge in [-0.25, -0.2) is 0 Å². The molecule has 2 aliphatic rings. The maximum absolute atomic E-state index is 13.3. The summed E-state index contributed by atoms with van der Waals surface area (Å²) >= 11 is 5.06. The van der Waals surface area contributed by atoms with Crippen LogP contribution in [0, 0.1) is 5.92 Å². The first kappa shape index (κ1) is 22.9. The molecule has 1 unspecified atom stereocenters. The van der Waals surface area contributed by atoms with Crippen LogP contribution in [0.3, 0.4) is 0 Å². The molecule has 6 nitrogen and oxygen atoms in total. The highest BCUT2D eigenvalue weighted by Crippen LogP contribution is 2.49. The third-order valence-corrected chi connectivity index (χ3v) is 8.43. The number of rotatable bonds is 7. The zero-order chi connectivity index (χ0) is 23.4. The van der Waals surface area contributed by atoms with Gasteiger partial charge in [-0.3, -0.25) is 9.16 Å². The molecule has 33 heavy (non-hydrogen) atoms. The summed E-state index contributed by atoms with van der Waals surface area (Å²) in [6.45, 7) is 2.45. The summed E-state index contributed by atoms with van der Waals surface area (Å²) in [5.74, 6) is 1.76. The van der Waals surface area contributed by atoms with E-state index in [1.165, 1.54) is 38.4 Å². The summed E-state index contributed by atoms with van der Waals surface area (Å²) in [6, 6.07) is 9.48. The first-order valence-electron chi connectivity index (χ1n) is 10.9. The lowest BCUT2D eigenvalue weighted by molar-refractivity contribution is -0.141. The van der Waals surface area contributed by atoms with Crippen LogP contribution in [0.2, 0.25) is 0 Å². The van der Waals surface area contributed by atoms with E-state index < -0.39 is 11.9 Å². The van der Waals surface area contributed by atoms with Crippen LogP contribution >= 0.6 is 27.7 Å². The minimum absolute atomic E-state index is 0.0481. The van der Waals surface area contributed by atoms with Gasteiger partial charge in [0, 0.05) is 55.0 Å². The maximum atomic E-state index is 13.3. The molecule has 4 heterocycles. The van der Waals surface area contributed by atoms with Gasteiger partial charge in [0.25, 0.3) is 0 Å². The van der Waals surface area contributed by atoms with Crippen LogP contribution in [0.15, 0.2) is 40.1 Å². The number of aryl methyl sites for hydroxylation is 1. The van der Waals surface area contributed by atoms with Gasteiger partial charge >= 0.3 is 6.18 Å². The number of piperidine rings is 1. The van der Waals surface area contributed by atoms with Crippen molar-refractivity contribution >= 4 is 33.4 Å². The lowest BCUT2D eigenvalue weighted by Gasteiger charge is -2.18. The molecule has 0 radical (unpaired) electrons. The van der Waals surface area contributed by atoms with Gasteiger partial charge in [0.15, 0.2) is 16.7 Å². The van der Waals surface area contributed by atoms with Crippen LogP contribution in [0.5, 0.6) is 0 Å². The fraction of sp³-hybridized carbons (Fsp3) is 0.500. The molecule has 0 saturated carbocycles. The molecule has 0 spiro atoms. The van der Waals surface area contributed by atoms with Crippen molar-refractivity contribution in [3.8, 4) is 11.4 Å². The van der Waals surface area contributed by atoms with Crippen molar-refractivity contribution in [2.75, 3.05) is 18.8 Å². The zero-order valence-corrected chi connectivity index (χ0v) is 20.8. The second kappa shape index (κ2) is 8.42. The largest absolute Gasteiger partial charge is 0.435 e. The van der Waals surface area contributed by atoms with Gasteiger partial charge in [-0.15, -0.1) is 10.2 Å². The fourth-order valence-electron chi connectivity index (χ4n) is 5.19. The average molecular weight is 542 g/mol. The predicted octanol–water partition coefficient (Wildman–Crippen LogP) is 5.28. The second-order valence-corrected chi connectivity index (χ2v) is 11.0. The van der Waals surface area contributed by atoms with Crippen LogP contribution in [-0.2, 0) is 20.3 Å². The number of alkyl halides is 3. The molecule has 0 N–H and O–H groups in total. The first-order chi connectivity index (χ1) is 15.7. The Morgan fingerprint density at radius 3 is 2.64 bits per heavy atom. The van der Waals surface area contributed by atoms with Gasteiger partial charge in [0.1, 0.15) is 18.3 Å². The number of aromatic nitrogens is 5. The molecule has 176 valence electrons. The van der Waals surface area contributed by atoms with Crippen molar-refractivity contribution in [3.05, 3.63) is 40.6 Å². The Balaban J connectivity index is 1.16. The van der Waals surface area contributed by atoms with Crippen molar-refractivity contribution in [3.63, 3.8) is 0 Å². The first-order valence-corrected chi connectivity index (χ1v) is 12.7. The summed E-state index contributed by atoms with van der Waals surface area (Å²) in [5.41, 5.74) is 0.433. The average Bonchev–Trinajstić information content (AvgIpc) is 3.06. The predicted molar refractivity (Wildman–Crippen MR) is 126 cm³/mol. The molecular weight excluding hydrogens is 517 g/mol. The standard InChI is InChI=1S/C22H25BrF3N6S/c1-30-11-18(19(29-30)22(24,25)26)20-27-28-21(31(20)2)33-9-3-4-14-10-17-13-32(17,12-14)16-7-5-15(23)6-8-16/h5-8,11,14,17H,3-4,9-10,12-13H2,1-2H3/q+1/t14?,17-,32-/m1/s1. The van der Waals surface area contributed by atoms with E-state index in [4.69, 9.17) is 0 Å². The van der Waals surface area contributed by atoms with E-state index in [0.717, 1.165) is 38.3 Å². The summed E-state index contributed by atoms with van der Waals surface area (Å²) in [5, 5.41) is 12.4. The van der Waals surface area contributed by atoms with Gasteiger partial charge in [-0.1, -0.05) is 27.7 Å². The molecule has 0 bridgehead atoms. The molecule has 2 saturated heterocycles. The van der Waals surface area contributed by atoms with E-state index >= 15 is 0 Å². The van der Waals surface area contributed by atoms with E-state index in [9.17, 15) is 13.2 Å². The van der Waals surface area contributed by atoms with Gasteiger partial charge in [0.2, 0.25) is 0 Å². The van der Waals surface area contributed by atoms with E-state index in [-0.39, 0.29) is 11.4 Å².